The maximum atomic E-state index is 12.7. The van der Waals surface area contributed by atoms with E-state index < -0.39 is 5.97 Å². The molecule has 3 aromatic carbocycles. The van der Waals surface area contributed by atoms with E-state index in [1.807, 2.05) is 55.5 Å². The lowest BCUT2D eigenvalue weighted by Gasteiger charge is -2.11. The van der Waals surface area contributed by atoms with Gasteiger partial charge in [0.2, 0.25) is 5.88 Å². The SMILES string of the molecule is CC(=O)Oc1c(-c2ccc(NC(=O)c3ccccc3Cl)cc2)c(CC(C)C)nn1-c1ccc(C)cc1. The second-order valence-corrected chi connectivity index (χ2v) is 9.48. The van der Waals surface area contributed by atoms with E-state index >= 15 is 0 Å². The lowest BCUT2D eigenvalue weighted by atomic mass is 9.99. The third-order valence-electron chi connectivity index (χ3n) is 5.59. The van der Waals surface area contributed by atoms with Crippen LogP contribution >= 0.6 is 11.6 Å². The Morgan fingerprint density at radius 2 is 1.67 bits per heavy atom. The van der Waals surface area contributed by atoms with Gasteiger partial charge in [-0.15, -0.1) is 0 Å². The summed E-state index contributed by atoms with van der Waals surface area (Å²) in [4.78, 5) is 24.7. The van der Waals surface area contributed by atoms with Gasteiger partial charge in [-0.1, -0.05) is 67.4 Å². The molecular weight excluding hydrogens is 474 g/mol. The highest BCUT2D eigenvalue weighted by atomic mass is 35.5. The minimum absolute atomic E-state index is 0.290. The molecule has 1 heterocycles. The highest BCUT2D eigenvalue weighted by molar-refractivity contribution is 6.34. The van der Waals surface area contributed by atoms with Crippen molar-refractivity contribution in [2.75, 3.05) is 5.32 Å². The number of carbonyl (C=O) groups excluding carboxylic acids is 2. The molecule has 0 fully saturated rings. The number of rotatable bonds is 7. The maximum Gasteiger partial charge on any atom is 0.309 e. The van der Waals surface area contributed by atoms with Crippen LogP contribution in [0.3, 0.4) is 0 Å². The molecule has 1 N–H and O–H groups in total. The van der Waals surface area contributed by atoms with Gasteiger partial charge in [0.1, 0.15) is 0 Å². The zero-order valence-corrected chi connectivity index (χ0v) is 21.5. The Kier molecular flexibility index (Phi) is 7.55. The molecule has 0 radical (unpaired) electrons. The van der Waals surface area contributed by atoms with Gasteiger partial charge in [0.05, 0.1) is 27.5 Å². The predicted molar refractivity (Wildman–Crippen MR) is 143 cm³/mol. The van der Waals surface area contributed by atoms with Crippen LogP contribution in [0.1, 0.15) is 42.4 Å². The summed E-state index contributed by atoms with van der Waals surface area (Å²) in [6.45, 7) is 7.63. The minimum Gasteiger partial charge on any atom is -0.407 e. The van der Waals surface area contributed by atoms with E-state index in [4.69, 9.17) is 21.4 Å². The Balaban J connectivity index is 1.74. The smallest absolute Gasteiger partial charge is 0.309 e. The van der Waals surface area contributed by atoms with Crippen molar-refractivity contribution in [3.63, 3.8) is 0 Å². The molecule has 1 aromatic heterocycles. The molecule has 0 aliphatic carbocycles. The van der Waals surface area contributed by atoms with Crippen LogP contribution in [-0.4, -0.2) is 21.7 Å². The number of halogens is 1. The Morgan fingerprint density at radius 1 is 1.00 bits per heavy atom. The number of ether oxygens (including phenoxy) is 1. The van der Waals surface area contributed by atoms with Crippen LogP contribution in [0.4, 0.5) is 5.69 Å². The number of hydrogen-bond acceptors (Lipinski definition) is 4. The summed E-state index contributed by atoms with van der Waals surface area (Å²) in [5, 5.41) is 8.12. The number of carbonyl (C=O) groups is 2. The number of amides is 1. The van der Waals surface area contributed by atoms with Gasteiger partial charge in [-0.25, -0.2) is 0 Å². The Morgan fingerprint density at radius 3 is 2.28 bits per heavy atom. The molecule has 0 bridgehead atoms. The van der Waals surface area contributed by atoms with E-state index in [2.05, 4.69) is 19.2 Å². The molecule has 0 spiro atoms. The van der Waals surface area contributed by atoms with Crippen molar-refractivity contribution < 1.29 is 14.3 Å². The van der Waals surface area contributed by atoms with Crippen molar-refractivity contribution in [3.8, 4) is 22.7 Å². The Labute approximate surface area is 215 Å². The van der Waals surface area contributed by atoms with Crippen LogP contribution in [0.15, 0.2) is 72.8 Å². The summed E-state index contributed by atoms with van der Waals surface area (Å²) in [6, 6.07) is 22.2. The molecule has 1 amide bonds. The van der Waals surface area contributed by atoms with Crippen molar-refractivity contribution >= 4 is 29.2 Å². The summed E-state index contributed by atoms with van der Waals surface area (Å²) in [5.74, 6) is -0.00907. The van der Waals surface area contributed by atoms with Crippen LogP contribution in [0.25, 0.3) is 16.8 Å². The minimum atomic E-state index is -0.427. The zero-order chi connectivity index (χ0) is 25.8. The van der Waals surface area contributed by atoms with E-state index in [0.29, 0.717) is 34.5 Å². The number of hydrogen-bond donors (Lipinski definition) is 1. The number of nitrogens with zero attached hydrogens (tertiary/aromatic N) is 2. The fraction of sp³-hybridized carbons (Fsp3) is 0.207. The van der Waals surface area contributed by atoms with Gasteiger partial charge in [-0.05, 0) is 61.2 Å². The molecule has 0 saturated heterocycles. The second-order valence-electron chi connectivity index (χ2n) is 9.08. The number of benzene rings is 3. The summed E-state index contributed by atoms with van der Waals surface area (Å²) >= 11 is 6.16. The average molecular weight is 502 g/mol. The summed E-state index contributed by atoms with van der Waals surface area (Å²) in [5.41, 5.74) is 5.36. The van der Waals surface area contributed by atoms with Gasteiger partial charge < -0.3 is 10.1 Å². The molecule has 7 heteroatoms. The monoisotopic (exact) mass is 501 g/mol. The summed E-state index contributed by atoms with van der Waals surface area (Å²) < 4.78 is 7.40. The molecule has 0 atom stereocenters. The standard InChI is InChI=1S/C29H28ClN3O3/c1-18(2)17-26-27(29(36-20(4)34)33(32-26)23-15-9-19(3)10-16-23)21-11-13-22(14-12-21)31-28(35)24-7-5-6-8-25(24)30/h5-16,18H,17H2,1-4H3,(H,31,35). The number of esters is 1. The van der Waals surface area contributed by atoms with Crippen molar-refractivity contribution in [2.24, 2.45) is 5.92 Å². The first kappa shape index (κ1) is 25.2. The van der Waals surface area contributed by atoms with Crippen LogP contribution < -0.4 is 10.1 Å². The zero-order valence-electron chi connectivity index (χ0n) is 20.7. The molecule has 36 heavy (non-hydrogen) atoms. The normalized spacial score (nSPS) is 10.9. The van der Waals surface area contributed by atoms with Crippen molar-refractivity contribution in [1.29, 1.82) is 0 Å². The fourth-order valence-electron chi connectivity index (χ4n) is 3.92. The average Bonchev–Trinajstić information content (AvgIpc) is 3.16. The largest absolute Gasteiger partial charge is 0.407 e. The van der Waals surface area contributed by atoms with Gasteiger partial charge >= 0.3 is 5.97 Å². The van der Waals surface area contributed by atoms with Gasteiger partial charge in [-0.2, -0.15) is 9.78 Å². The maximum absolute atomic E-state index is 12.7. The highest BCUT2D eigenvalue weighted by Gasteiger charge is 2.24. The van der Waals surface area contributed by atoms with Gasteiger partial charge in [-0.3, -0.25) is 9.59 Å². The van der Waals surface area contributed by atoms with E-state index in [1.165, 1.54) is 6.92 Å². The van der Waals surface area contributed by atoms with Crippen LogP contribution in [0.5, 0.6) is 5.88 Å². The molecule has 0 unspecified atom stereocenters. The molecule has 4 rings (SSSR count). The van der Waals surface area contributed by atoms with E-state index in [1.54, 1.807) is 28.9 Å². The second kappa shape index (κ2) is 10.8. The molecule has 0 aliphatic rings. The lowest BCUT2D eigenvalue weighted by molar-refractivity contribution is -0.132. The van der Waals surface area contributed by atoms with E-state index in [0.717, 1.165) is 28.1 Å². The van der Waals surface area contributed by atoms with Crippen LogP contribution in [0.2, 0.25) is 5.02 Å². The van der Waals surface area contributed by atoms with E-state index in [-0.39, 0.29) is 5.91 Å². The van der Waals surface area contributed by atoms with Gasteiger partial charge in [0.15, 0.2) is 0 Å². The lowest BCUT2D eigenvalue weighted by Crippen LogP contribution is -2.12. The van der Waals surface area contributed by atoms with Gasteiger partial charge in [0, 0.05) is 12.6 Å². The first-order valence-electron chi connectivity index (χ1n) is 11.8. The molecule has 184 valence electrons. The fourth-order valence-corrected chi connectivity index (χ4v) is 4.14. The first-order valence-corrected chi connectivity index (χ1v) is 12.1. The number of nitrogens with one attached hydrogen (secondary N) is 1. The highest BCUT2D eigenvalue weighted by Crippen LogP contribution is 2.37. The number of aromatic nitrogens is 2. The quantitative estimate of drug-likeness (QED) is 0.280. The van der Waals surface area contributed by atoms with Crippen molar-refractivity contribution in [3.05, 3.63) is 94.6 Å². The first-order chi connectivity index (χ1) is 17.2. The molecule has 6 nitrogen and oxygen atoms in total. The number of anilines is 1. The van der Waals surface area contributed by atoms with E-state index in [9.17, 15) is 9.59 Å². The van der Waals surface area contributed by atoms with Crippen molar-refractivity contribution in [2.45, 2.75) is 34.1 Å². The Hall–Kier alpha value is -3.90. The molecule has 0 saturated carbocycles. The van der Waals surface area contributed by atoms with Crippen molar-refractivity contribution in [1.82, 2.24) is 9.78 Å². The third kappa shape index (κ3) is 5.66. The summed E-state index contributed by atoms with van der Waals surface area (Å²) in [6.07, 6.45) is 0.702. The molecule has 0 aliphatic heterocycles. The molecule has 4 aromatic rings. The third-order valence-corrected chi connectivity index (χ3v) is 5.92. The number of aryl methyl sites for hydroxylation is 1. The predicted octanol–water partition coefficient (Wildman–Crippen LogP) is 6.88. The van der Waals surface area contributed by atoms with Crippen LogP contribution in [0, 0.1) is 12.8 Å². The van der Waals surface area contributed by atoms with Crippen LogP contribution in [-0.2, 0) is 11.2 Å². The molecular formula is C29H28ClN3O3. The van der Waals surface area contributed by atoms with Gasteiger partial charge in [0.25, 0.3) is 5.91 Å². The topological polar surface area (TPSA) is 73.2 Å². The summed E-state index contributed by atoms with van der Waals surface area (Å²) in [7, 11) is 0. The Bertz CT molecular complexity index is 1390.